The smallest absolute Gasteiger partial charge is 0.328 e. The summed E-state index contributed by atoms with van der Waals surface area (Å²) in [4.78, 5) is 29.0. The van der Waals surface area contributed by atoms with E-state index in [4.69, 9.17) is 32.4 Å². The van der Waals surface area contributed by atoms with Crippen molar-refractivity contribution in [3.63, 3.8) is 0 Å². The molecule has 5 rings (SSSR count). The fourth-order valence-electron chi connectivity index (χ4n) is 7.35. The summed E-state index contributed by atoms with van der Waals surface area (Å²) in [5, 5.41) is 9.28. The van der Waals surface area contributed by atoms with E-state index in [1.54, 1.807) is 21.3 Å². The number of nitriles is 1. The molecule has 0 aliphatic carbocycles. The van der Waals surface area contributed by atoms with Gasteiger partial charge in [-0.25, -0.2) is 9.46 Å². The maximum absolute atomic E-state index is 13.8. The fourth-order valence-corrected chi connectivity index (χ4v) is 10.4. The van der Waals surface area contributed by atoms with Crippen molar-refractivity contribution in [2.24, 2.45) is 7.05 Å². The predicted octanol–water partition coefficient (Wildman–Crippen LogP) is 8.59. The van der Waals surface area contributed by atoms with Crippen LogP contribution in [0.25, 0.3) is 0 Å². The molecule has 3 aromatic carbocycles. The number of hydrogen-bond acceptors (Lipinski definition) is 11. The Kier molecular flexibility index (Phi) is 16.0. The lowest BCUT2D eigenvalue weighted by Gasteiger charge is -2.42. The lowest BCUT2D eigenvalue weighted by molar-refractivity contribution is -0.0809. The monoisotopic (exact) mass is 874 g/mol. The standard InChI is InChI=1S/C46H63N4O9PSi/c1-31(2)50(32(3)4)60(56-28-16-27-47)58-41-39(57-40(38-29-49(8)44(52)48-43(38)51)42(41)59-61(11,12)45(5,6)7)30-55-46(33-17-14-13-15-18-33,34-19-23-36(53-9)24-20-34)35-21-25-37(54-10)26-22-35/h13-15,17-26,29,31-32,39-42H,16,28,30H2,1-12H3,(H,48,51,52). The maximum Gasteiger partial charge on any atom is 0.328 e. The average molecular weight is 875 g/mol. The molecule has 1 N–H and O–H groups in total. The van der Waals surface area contributed by atoms with Gasteiger partial charge in [0.25, 0.3) is 14.1 Å². The van der Waals surface area contributed by atoms with Crippen LogP contribution in [0.15, 0.2) is 94.6 Å². The Hall–Kier alpha value is -4.16. The zero-order chi connectivity index (χ0) is 44.7. The number of ether oxygens (including phenoxy) is 4. The molecule has 4 aromatic rings. The summed E-state index contributed by atoms with van der Waals surface area (Å²) in [6, 6.07) is 27.7. The van der Waals surface area contributed by atoms with Crippen LogP contribution in [-0.2, 0) is 35.6 Å². The van der Waals surface area contributed by atoms with Crippen molar-refractivity contribution in [1.29, 1.82) is 5.26 Å². The SMILES string of the molecule is COc1ccc(C(OCC2OC(c3cn(C)c(=O)[nH]c3=O)C(O[Si](C)(C)C(C)(C)C)C2OP(OCCC#N)N(C(C)C)C(C)C)(c2ccccc2)c2ccc(OC)cc2)cc1. The molecule has 0 bridgehead atoms. The predicted molar refractivity (Wildman–Crippen MR) is 240 cm³/mol. The van der Waals surface area contributed by atoms with Gasteiger partial charge in [-0.2, -0.15) is 5.26 Å². The molecule has 2 heterocycles. The number of nitrogens with zero attached hydrogens (tertiary/aromatic N) is 3. The van der Waals surface area contributed by atoms with Crippen LogP contribution in [-0.4, -0.2) is 80.4 Å². The van der Waals surface area contributed by atoms with Crippen LogP contribution in [0.5, 0.6) is 11.5 Å². The highest BCUT2D eigenvalue weighted by atomic mass is 31.2. The average Bonchev–Trinajstić information content (AvgIpc) is 3.54. The van der Waals surface area contributed by atoms with Crippen molar-refractivity contribution in [3.8, 4) is 17.6 Å². The van der Waals surface area contributed by atoms with Gasteiger partial charge in [-0.15, -0.1) is 0 Å². The highest BCUT2D eigenvalue weighted by Crippen LogP contribution is 2.53. The van der Waals surface area contributed by atoms with E-state index in [-0.39, 0.29) is 42.3 Å². The first-order valence-electron chi connectivity index (χ1n) is 20.7. The van der Waals surface area contributed by atoms with E-state index in [9.17, 15) is 14.9 Å². The summed E-state index contributed by atoms with van der Waals surface area (Å²) in [7, 11) is 0.373. The van der Waals surface area contributed by atoms with Crippen LogP contribution >= 0.6 is 8.53 Å². The zero-order valence-electron chi connectivity index (χ0n) is 37.6. The third kappa shape index (κ3) is 10.7. The number of rotatable bonds is 19. The Morgan fingerprint density at radius 1 is 0.869 bits per heavy atom. The Bertz CT molecular complexity index is 2130. The van der Waals surface area contributed by atoms with Crippen LogP contribution in [0.3, 0.4) is 0 Å². The molecule has 13 nitrogen and oxygen atoms in total. The number of aryl methyl sites for hydroxylation is 1. The van der Waals surface area contributed by atoms with Crippen molar-refractivity contribution in [2.45, 2.75) is 115 Å². The summed E-state index contributed by atoms with van der Waals surface area (Å²) in [5.74, 6) is 1.38. The van der Waals surface area contributed by atoms with Crippen molar-refractivity contribution >= 4 is 16.8 Å². The molecule has 330 valence electrons. The van der Waals surface area contributed by atoms with Crippen molar-refractivity contribution in [2.75, 3.05) is 27.4 Å². The van der Waals surface area contributed by atoms with Crippen LogP contribution in [0.4, 0.5) is 0 Å². The largest absolute Gasteiger partial charge is 0.497 e. The van der Waals surface area contributed by atoms with Crippen LogP contribution < -0.4 is 20.7 Å². The topological polar surface area (TPSA) is 147 Å². The lowest BCUT2D eigenvalue weighted by Crippen LogP contribution is -2.50. The maximum atomic E-state index is 13.8. The quantitative estimate of drug-likeness (QED) is 0.0418. The van der Waals surface area contributed by atoms with Crippen molar-refractivity contribution in [3.05, 3.63) is 128 Å². The molecule has 0 amide bonds. The van der Waals surface area contributed by atoms with Crippen molar-refractivity contribution in [1.82, 2.24) is 14.2 Å². The molecule has 5 atom stereocenters. The molecule has 1 saturated heterocycles. The Morgan fingerprint density at radius 3 is 1.90 bits per heavy atom. The first-order chi connectivity index (χ1) is 28.9. The van der Waals surface area contributed by atoms with Gasteiger partial charge in [0.15, 0.2) is 8.32 Å². The summed E-state index contributed by atoms with van der Waals surface area (Å²) in [5.41, 5.74) is 0.402. The van der Waals surface area contributed by atoms with Gasteiger partial charge in [-0.3, -0.25) is 9.78 Å². The highest BCUT2D eigenvalue weighted by Gasteiger charge is 2.54. The van der Waals surface area contributed by atoms with Crippen LogP contribution in [0.1, 0.15) is 83.2 Å². The minimum absolute atomic E-state index is 0.00291. The Labute approximate surface area is 363 Å². The molecule has 0 radical (unpaired) electrons. The molecule has 15 heteroatoms. The third-order valence-electron chi connectivity index (χ3n) is 11.5. The number of nitrogens with one attached hydrogen (secondary N) is 1. The van der Waals surface area contributed by atoms with Gasteiger partial charge < -0.3 is 37.0 Å². The molecule has 0 spiro atoms. The number of hydrogen-bond donors (Lipinski definition) is 1. The minimum atomic E-state index is -2.64. The van der Waals surface area contributed by atoms with E-state index in [1.165, 1.54) is 10.8 Å². The second kappa shape index (κ2) is 20.3. The Morgan fingerprint density at radius 2 is 1.41 bits per heavy atom. The minimum Gasteiger partial charge on any atom is -0.497 e. The zero-order valence-corrected chi connectivity index (χ0v) is 39.5. The molecule has 1 aromatic heterocycles. The molecular formula is C46H63N4O9PSi. The summed E-state index contributed by atoms with van der Waals surface area (Å²) < 4.78 is 50.2. The molecule has 1 aliphatic heterocycles. The summed E-state index contributed by atoms with van der Waals surface area (Å²) >= 11 is 0. The van der Waals surface area contributed by atoms with Crippen LogP contribution in [0.2, 0.25) is 18.1 Å². The number of aromatic nitrogens is 2. The second-order valence-corrected chi connectivity index (χ2v) is 23.5. The molecule has 1 aliphatic rings. The first kappa shape index (κ1) is 47.9. The summed E-state index contributed by atoms with van der Waals surface area (Å²) in [6.45, 7) is 19.1. The molecule has 0 saturated carbocycles. The van der Waals surface area contributed by atoms with E-state index in [0.29, 0.717) is 11.5 Å². The van der Waals surface area contributed by atoms with Gasteiger partial charge in [-0.05, 0) is 86.8 Å². The summed E-state index contributed by atoms with van der Waals surface area (Å²) in [6.07, 6.45) is -1.84. The molecule has 1 fully saturated rings. The van der Waals surface area contributed by atoms with E-state index in [2.05, 4.69) is 77.3 Å². The van der Waals surface area contributed by atoms with Gasteiger partial charge in [0.05, 0.1) is 45.5 Å². The van der Waals surface area contributed by atoms with E-state index < -0.39 is 58.1 Å². The van der Waals surface area contributed by atoms with Gasteiger partial charge in [-0.1, -0.05) is 75.4 Å². The Balaban J connectivity index is 1.75. The van der Waals surface area contributed by atoms with E-state index >= 15 is 0 Å². The van der Waals surface area contributed by atoms with E-state index in [1.807, 2.05) is 78.9 Å². The number of benzene rings is 3. The van der Waals surface area contributed by atoms with E-state index in [0.717, 1.165) is 16.7 Å². The number of H-pyrrole nitrogens is 1. The molecule has 5 unspecified atom stereocenters. The normalized spacial score (nSPS) is 19.0. The van der Waals surface area contributed by atoms with Gasteiger partial charge in [0.2, 0.25) is 0 Å². The van der Waals surface area contributed by atoms with Gasteiger partial charge in [0.1, 0.15) is 41.5 Å². The first-order valence-corrected chi connectivity index (χ1v) is 24.8. The fraction of sp³-hybridized carbons (Fsp3) is 0.500. The van der Waals surface area contributed by atoms with Gasteiger partial charge in [0, 0.05) is 25.3 Å². The van der Waals surface area contributed by atoms with Crippen molar-refractivity contribution < 1.29 is 32.4 Å². The van der Waals surface area contributed by atoms with Crippen LogP contribution in [0, 0.1) is 11.3 Å². The highest BCUT2D eigenvalue weighted by molar-refractivity contribution is 7.44. The van der Waals surface area contributed by atoms with Gasteiger partial charge >= 0.3 is 5.69 Å². The number of aromatic amines is 1. The molecular weight excluding hydrogens is 812 g/mol. The molecule has 61 heavy (non-hydrogen) atoms. The third-order valence-corrected chi connectivity index (χ3v) is 18.1. The lowest BCUT2D eigenvalue weighted by atomic mass is 9.80. The second-order valence-electron chi connectivity index (χ2n) is 17.3. The number of methoxy groups -OCH3 is 2.